The molecule has 24 heavy (non-hydrogen) atoms. The van der Waals surface area contributed by atoms with E-state index in [9.17, 15) is 9.59 Å². The first kappa shape index (κ1) is 16.7. The molecule has 1 atom stereocenters. The molecule has 130 valence electrons. The number of hydrogen-bond acceptors (Lipinski definition) is 4. The molecule has 2 aromatic rings. The molecule has 1 fully saturated rings. The summed E-state index contributed by atoms with van der Waals surface area (Å²) in [5.74, 6) is 0. The van der Waals surface area contributed by atoms with E-state index in [0.717, 1.165) is 41.9 Å². The SMILES string of the molecule is Cc1cc(C)n(C[C@@H]2CCCN2Cc2cc(=O)n(C)c(=O)n2C)n1. The minimum absolute atomic E-state index is 0.248. The topological polar surface area (TPSA) is 65.1 Å². The monoisotopic (exact) mass is 331 g/mol. The molecule has 1 saturated heterocycles. The van der Waals surface area contributed by atoms with E-state index in [1.807, 2.05) is 6.92 Å². The number of rotatable bonds is 4. The van der Waals surface area contributed by atoms with Crippen molar-refractivity contribution >= 4 is 0 Å². The lowest BCUT2D eigenvalue weighted by atomic mass is 10.2. The molecule has 3 rings (SSSR count). The van der Waals surface area contributed by atoms with E-state index in [0.29, 0.717) is 12.6 Å². The van der Waals surface area contributed by atoms with Crippen LogP contribution in [0.1, 0.15) is 29.9 Å². The Morgan fingerprint density at radius 3 is 2.58 bits per heavy atom. The Kier molecular flexibility index (Phi) is 4.45. The van der Waals surface area contributed by atoms with Crippen LogP contribution in [0.4, 0.5) is 0 Å². The Hall–Kier alpha value is -2.15. The van der Waals surface area contributed by atoms with E-state index in [1.54, 1.807) is 17.7 Å². The summed E-state index contributed by atoms with van der Waals surface area (Å²) in [6, 6.07) is 4.03. The van der Waals surface area contributed by atoms with Gasteiger partial charge >= 0.3 is 5.69 Å². The quantitative estimate of drug-likeness (QED) is 0.821. The van der Waals surface area contributed by atoms with Crippen molar-refractivity contribution in [2.75, 3.05) is 6.54 Å². The molecule has 0 amide bonds. The Morgan fingerprint density at radius 2 is 1.92 bits per heavy atom. The molecule has 1 aliphatic rings. The van der Waals surface area contributed by atoms with Gasteiger partial charge in [-0.25, -0.2) is 4.79 Å². The second-order valence-corrected chi connectivity index (χ2v) is 6.75. The van der Waals surface area contributed by atoms with E-state index in [-0.39, 0.29) is 11.2 Å². The van der Waals surface area contributed by atoms with Crippen LogP contribution in [0, 0.1) is 13.8 Å². The van der Waals surface area contributed by atoms with Crippen molar-refractivity contribution in [3.63, 3.8) is 0 Å². The molecule has 0 aliphatic carbocycles. The second kappa shape index (κ2) is 6.39. The van der Waals surface area contributed by atoms with Gasteiger partial charge in [-0.1, -0.05) is 0 Å². The van der Waals surface area contributed by atoms with Gasteiger partial charge in [-0.15, -0.1) is 0 Å². The summed E-state index contributed by atoms with van der Waals surface area (Å²) >= 11 is 0. The van der Waals surface area contributed by atoms with Crippen LogP contribution in [-0.4, -0.2) is 36.4 Å². The smallest absolute Gasteiger partial charge is 0.299 e. The van der Waals surface area contributed by atoms with E-state index < -0.39 is 0 Å². The van der Waals surface area contributed by atoms with Crippen molar-refractivity contribution in [2.45, 2.75) is 45.8 Å². The lowest BCUT2D eigenvalue weighted by molar-refractivity contribution is 0.212. The number of hydrogen-bond donors (Lipinski definition) is 0. The average Bonchev–Trinajstić information content (AvgIpc) is 3.09. The molecule has 7 heteroatoms. The fraction of sp³-hybridized carbons (Fsp3) is 0.588. The fourth-order valence-electron chi connectivity index (χ4n) is 3.51. The number of likely N-dealkylation sites (tertiary alicyclic amines) is 1. The van der Waals surface area contributed by atoms with Gasteiger partial charge in [-0.2, -0.15) is 5.10 Å². The van der Waals surface area contributed by atoms with Crippen molar-refractivity contribution in [3.8, 4) is 0 Å². The van der Waals surface area contributed by atoms with Gasteiger partial charge in [0.1, 0.15) is 0 Å². The molecule has 3 heterocycles. The molecule has 7 nitrogen and oxygen atoms in total. The highest BCUT2D eigenvalue weighted by atomic mass is 16.2. The standard InChI is InChI=1S/C17H25N5O2/c1-12-8-13(2)22(18-12)11-14-6-5-7-21(14)10-15-9-16(23)20(4)17(24)19(15)3/h8-9,14H,5-7,10-11H2,1-4H3/t14-/m0/s1. The molecule has 0 radical (unpaired) electrons. The van der Waals surface area contributed by atoms with Gasteiger partial charge in [0, 0.05) is 44.1 Å². The highest BCUT2D eigenvalue weighted by Crippen LogP contribution is 2.21. The van der Waals surface area contributed by atoms with Crippen molar-refractivity contribution in [1.29, 1.82) is 0 Å². The van der Waals surface area contributed by atoms with E-state index in [2.05, 4.69) is 27.7 Å². The third-order valence-electron chi connectivity index (χ3n) is 4.98. The van der Waals surface area contributed by atoms with Crippen molar-refractivity contribution in [1.82, 2.24) is 23.8 Å². The van der Waals surface area contributed by atoms with Crippen molar-refractivity contribution in [3.05, 3.63) is 50.1 Å². The molecule has 0 spiro atoms. The minimum Gasteiger partial charge on any atom is -0.299 e. The molecule has 2 aromatic heterocycles. The van der Waals surface area contributed by atoms with Gasteiger partial charge < -0.3 is 0 Å². The third-order valence-corrected chi connectivity index (χ3v) is 4.98. The van der Waals surface area contributed by atoms with Crippen LogP contribution in [0.15, 0.2) is 21.7 Å². The lowest BCUT2D eigenvalue weighted by Gasteiger charge is -2.25. The largest absolute Gasteiger partial charge is 0.330 e. The Balaban J connectivity index is 1.81. The van der Waals surface area contributed by atoms with Crippen LogP contribution in [0.25, 0.3) is 0 Å². The summed E-state index contributed by atoms with van der Waals surface area (Å²) in [5.41, 5.74) is 2.45. The fourth-order valence-corrected chi connectivity index (χ4v) is 3.51. The van der Waals surface area contributed by atoms with Gasteiger partial charge in [0.05, 0.1) is 12.2 Å². The zero-order chi connectivity index (χ0) is 17.4. The molecule has 0 aromatic carbocycles. The summed E-state index contributed by atoms with van der Waals surface area (Å²) in [6.45, 7) is 6.52. The molecule has 0 unspecified atom stereocenters. The van der Waals surface area contributed by atoms with Crippen LogP contribution in [0.5, 0.6) is 0 Å². The normalized spacial score (nSPS) is 18.4. The maximum Gasteiger partial charge on any atom is 0.330 e. The first-order valence-electron chi connectivity index (χ1n) is 8.38. The molecule has 0 saturated carbocycles. The summed E-state index contributed by atoms with van der Waals surface area (Å²) < 4.78 is 4.77. The van der Waals surface area contributed by atoms with Gasteiger partial charge in [-0.05, 0) is 39.3 Å². The second-order valence-electron chi connectivity index (χ2n) is 6.75. The maximum absolute atomic E-state index is 12.1. The molecule has 0 N–H and O–H groups in total. The average molecular weight is 331 g/mol. The van der Waals surface area contributed by atoms with Gasteiger partial charge in [0.2, 0.25) is 0 Å². The lowest BCUT2D eigenvalue weighted by Crippen LogP contribution is -2.40. The van der Waals surface area contributed by atoms with Crippen LogP contribution in [-0.2, 0) is 27.2 Å². The Morgan fingerprint density at radius 1 is 1.17 bits per heavy atom. The maximum atomic E-state index is 12.1. The number of aromatic nitrogens is 4. The molecule has 1 aliphatic heterocycles. The Labute approximate surface area is 141 Å². The predicted octanol–water partition coefficient (Wildman–Crippen LogP) is 0.562. The summed E-state index contributed by atoms with van der Waals surface area (Å²) in [5, 5.41) is 4.55. The van der Waals surface area contributed by atoms with E-state index in [1.165, 1.54) is 12.7 Å². The number of nitrogens with zero attached hydrogens (tertiary/aromatic N) is 5. The Bertz CT molecular complexity index is 861. The summed E-state index contributed by atoms with van der Waals surface area (Å²) in [7, 11) is 3.24. The summed E-state index contributed by atoms with van der Waals surface area (Å²) in [6.07, 6.45) is 2.24. The zero-order valence-corrected chi connectivity index (χ0v) is 14.8. The highest BCUT2D eigenvalue weighted by molar-refractivity contribution is 5.07. The summed E-state index contributed by atoms with van der Waals surface area (Å²) in [4.78, 5) is 26.4. The first-order valence-corrected chi connectivity index (χ1v) is 8.38. The van der Waals surface area contributed by atoms with E-state index >= 15 is 0 Å². The molecular formula is C17H25N5O2. The zero-order valence-electron chi connectivity index (χ0n) is 14.8. The van der Waals surface area contributed by atoms with Crippen molar-refractivity contribution in [2.24, 2.45) is 14.1 Å². The first-order chi connectivity index (χ1) is 11.4. The number of aryl methyl sites for hydroxylation is 2. The highest BCUT2D eigenvalue weighted by Gasteiger charge is 2.26. The third kappa shape index (κ3) is 3.08. The van der Waals surface area contributed by atoms with Gasteiger partial charge in [0.25, 0.3) is 5.56 Å². The predicted molar refractivity (Wildman–Crippen MR) is 92.1 cm³/mol. The van der Waals surface area contributed by atoms with Gasteiger partial charge in [-0.3, -0.25) is 23.5 Å². The van der Waals surface area contributed by atoms with E-state index in [4.69, 9.17) is 0 Å². The van der Waals surface area contributed by atoms with Crippen LogP contribution in [0.3, 0.4) is 0 Å². The van der Waals surface area contributed by atoms with Gasteiger partial charge in [0.15, 0.2) is 0 Å². The van der Waals surface area contributed by atoms with Crippen LogP contribution < -0.4 is 11.2 Å². The minimum atomic E-state index is -0.271. The van der Waals surface area contributed by atoms with Crippen molar-refractivity contribution < 1.29 is 0 Å². The molecule has 0 bridgehead atoms. The van der Waals surface area contributed by atoms with Crippen LogP contribution in [0.2, 0.25) is 0 Å². The molecular weight excluding hydrogens is 306 g/mol. The van der Waals surface area contributed by atoms with Crippen LogP contribution >= 0.6 is 0 Å².